The molecule has 78 valence electrons. The van der Waals surface area contributed by atoms with Crippen LogP contribution in [0.4, 0.5) is 13.2 Å². The fraction of sp³-hybridized carbons (Fsp3) is 0.500. The van der Waals surface area contributed by atoms with Gasteiger partial charge in [-0.25, -0.2) is 9.97 Å². The summed E-state index contributed by atoms with van der Waals surface area (Å²) in [6, 6.07) is 0. The predicted octanol–water partition coefficient (Wildman–Crippen LogP) is 2.85. The van der Waals surface area contributed by atoms with Crippen LogP contribution >= 0.6 is 11.6 Å². The van der Waals surface area contributed by atoms with Crippen LogP contribution in [0.15, 0.2) is 0 Å². The molecule has 6 heteroatoms. The van der Waals surface area contributed by atoms with E-state index >= 15 is 0 Å². The van der Waals surface area contributed by atoms with Crippen LogP contribution in [0, 0.1) is 13.8 Å². The lowest BCUT2D eigenvalue weighted by molar-refractivity contribution is -0.128. The summed E-state index contributed by atoms with van der Waals surface area (Å²) < 4.78 is 35.9. The molecule has 0 aromatic carbocycles. The normalized spacial score (nSPS) is 11.9. The fourth-order valence-corrected chi connectivity index (χ4v) is 1.14. The van der Waals surface area contributed by atoms with E-state index in [1.54, 1.807) is 13.8 Å². The first-order valence-electron chi connectivity index (χ1n) is 3.86. The Kier molecular flexibility index (Phi) is 2.99. The van der Waals surface area contributed by atoms with Gasteiger partial charge in [0.1, 0.15) is 17.4 Å². The summed E-state index contributed by atoms with van der Waals surface area (Å²) in [6.45, 7) is 3.26. The van der Waals surface area contributed by atoms with Crippen molar-refractivity contribution < 1.29 is 13.2 Å². The molecule has 0 aliphatic rings. The Morgan fingerprint density at radius 3 is 2.21 bits per heavy atom. The molecule has 1 aromatic rings. The summed E-state index contributed by atoms with van der Waals surface area (Å²) in [5, 5.41) is 0.0803. The number of rotatable bonds is 1. The Labute approximate surface area is 84.1 Å². The molecule has 1 heterocycles. The van der Waals surface area contributed by atoms with E-state index in [1.807, 2.05) is 0 Å². The minimum Gasteiger partial charge on any atom is -0.238 e. The molecule has 0 fully saturated rings. The highest BCUT2D eigenvalue weighted by Crippen LogP contribution is 2.21. The summed E-state index contributed by atoms with van der Waals surface area (Å²) in [5.74, 6) is -0.286. The summed E-state index contributed by atoms with van der Waals surface area (Å²) >= 11 is 5.63. The van der Waals surface area contributed by atoms with E-state index in [4.69, 9.17) is 11.6 Å². The molecule has 1 aromatic heterocycles. The van der Waals surface area contributed by atoms with E-state index in [-0.39, 0.29) is 11.0 Å². The molecular formula is C8H8ClF3N2. The average Bonchev–Trinajstić information content (AvgIpc) is 1.96. The number of aromatic nitrogens is 2. The maximum Gasteiger partial charge on any atom is 0.396 e. The first kappa shape index (κ1) is 11.2. The van der Waals surface area contributed by atoms with Gasteiger partial charge in [-0.1, -0.05) is 11.6 Å². The number of hydrogen-bond donors (Lipinski definition) is 0. The van der Waals surface area contributed by atoms with Gasteiger partial charge in [-0.05, 0) is 13.8 Å². The summed E-state index contributed by atoms with van der Waals surface area (Å²) in [4.78, 5) is 7.26. The lowest BCUT2D eigenvalue weighted by Crippen LogP contribution is -2.15. The molecular weight excluding hydrogens is 217 g/mol. The Hall–Kier alpha value is -0.840. The smallest absolute Gasteiger partial charge is 0.238 e. The lowest BCUT2D eigenvalue weighted by Gasteiger charge is -2.07. The molecule has 0 saturated heterocycles. The van der Waals surface area contributed by atoms with Crippen molar-refractivity contribution in [3.8, 4) is 0 Å². The first-order chi connectivity index (χ1) is 6.29. The SMILES string of the molecule is Cc1nc(CC(F)(F)F)nc(Cl)c1C. The molecule has 0 bridgehead atoms. The molecule has 0 N–H and O–H groups in total. The van der Waals surface area contributed by atoms with Crippen molar-refractivity contribution in [3.63, 3.8) is 0 Å². The third-order valence-electron chi connectivity index (χ3n) is 1.73. The fourth-order valence-electron chi connectivity index (χ4n) is 0.907. The minimum absolute atomic E-state index is 0.0803. The van der Waals surface area contributed by atoms with E-state index in [1.165, 1.54) is 0 Å². The lowest BCUT2D eigenvalue weighted by atomic mass is 10.2. The van der Waals surface area contributed by atoms with Crippen LogP contribution in [0.2, 0.25) is 5.15 Å². The van der Waals surface area contributed by atoms with Gasteiger partial charge in [0.25, 0.3) is 0 Å². The van der Waals surface area contributed by atoms with Crippen molar-refractivity contribution in [1.29, 1.82) is 0 Å². The molecule has 14 heavy (non-hydrogen) atoms. The van der Waals surface area contributed by atoms with Crippen LogP contribution in [0.25, 0.3) is 0 Å². The van der Waals surface area contributed by atoms with Crippen molar-refractivity contribution in [2.75, 3.05) is 0 Å². The Morgan fingerprint density at radius 1 is 1.21 bits per heavy atom. The van der Waals surface area contributed by atoms with E-state index in [2.05, 4.69) is 9.97 Å². The van der Waals surface area contributed by atoms with Gasteiger partial charge in [-0.3, -0.25) is 0 Å². The van der Waals surface area contributed by atoms with Gasteiger partial charge in [0.05, 0.1) is 0 Å². The third-order valence-corrected chi connectivity index (χ3v) is 2.10. The second-order valence-corrected chi connectivity index (χ2v) is 3.29. The number of alkyl halides is 3. The largest absolute Gasteiger partial charge is 0.396 e. The molecule has 2 nitrogen and oxygen atoms in total. The highest BCUT2D eigenvalue weighted by atomic mass is 35.5. The van der Waals surface area contributed by atoms with Gasteiger partial charge in [0.2, 0.25) is 0 Å². The van der Waals surface area contributed by atoms with Crippen molar-refractivity contribution in [3.05, 3.63) is 22.2 Å². The summed E-state index contributed by atoms with van der Waals surface area (Å²) in [7, 11) is 0. The quantitative estimate of drug-likeness (QED) is 0.686. The van der Waals surface area contributed by atoms with Crippen LogP contribution in [0.5, 0.6) is 0 Å². The van der Waals surface area contributed by atoms with Crippen LogP contribution in [0.1, 0.15) is 17.1 Å². The van der Waals surface area contributed by atoms with Crippen molar-refractivity contribution >= 4 is 11.6 Å². The maximum atomic E-state index is 12.0. The number of hydrogen-bond acceptors (Lipinski definition) is 2. The number of nitrogens with zero attached hydrogens (tertiary/aromatic N) is 2. The van der Waals surface area contributed by atoms with Crippen molar-refractivity contribution in [1.82, 2.24) is 9.97 Å². The zero-order valence-corrected chi connectivity index (χ0v) is 8.37. The van der Waals surface area contributed by atoms with Crippen molar-refractivity contribution in [2.24, 2.45) is 0 Å². The topological polar surface area (TPSA) is 25.8 Å². The van der Waals surface area contributed by atoms with Crippen molar-refractivity contribution in [2.45, 2.75) is 26.4 Å². The zero-order chi connectivity index (χ0) is 10.9. The predicted molar refractivity (Wildman–Crippen MR) is 46.3 cm³/mol. The van der Waals surface area contributed by atoms with Gasteiger partial charge in [-0.2, -0.15) is 13.2 Å². The van der Waals surface area contributed by atoms with Gasteiger partial charge >= 0.3 is 6.18 Å². The second kappa shape index (κ2) is 3.73. The molecule has 0 radical (unpaired) electrons. The van der Waals surface area contributed by atoms with Crippen LogP contribution in [0.3, 0.4) is 0 Å². The van der Waals surface area contributed by atoms with E-state index < -0.39 is 12.6 Å². The van der Waals surface area contributed by atoms with Crippen LogP contribution < -0.4 is 0 Å². The van der Waals surface area contributed by atoms with E-state index in [9.17, 15) is 13.2 Å². The summed E-state index contributed by atoms with van der Waals surface area (Å²) in [6.07, 6.45) is -5.45. The Bertz CT molecular complexity index is 326. The second-order valence-electron chi connectivity index (χ2n) is 2.93. The number of halogens is 4. The molecule has 0 atom stereocenters. The third kappa shape index (κ3) is 2.83. The maximum absolute atomic E-state index is 12.0. The van der Waals surface area contributed by atoms with Gasteiger partial charge in [0, 0.05) is 11.3 Å². The molecule has 0 saturated carbocycles. The molecule has 0 aliphatic carbocycles. The first-order valence-corrected chi connectivity index (χ1v) is 4.24. The van der Waals surface area contributed by atoms with Gasteiger partial charge in [0.15, 0.2) is 0 Å². The molecule has 0 aliphatic heterocycles. The average molecular weight is 225 g/mol. The molecule has 0 spiro atoms. The Morgan fingerprint density at radius 2 is 1.79 bits per heavy atom. The van der Waals surface area contributed by atoms with E-state index in [0.717, 1.165) is 0 Å². The molecule has 0 amide bonds. The zero-order valence-electron chi connectivity index (χ0n) is 7.61. The van der Waals surface area contributed by atoms with E-state index in [0.29, 0.717) is 11.3 Å². The highest BCUT2D eigenvalue weighted by molar-refractivity contribution is 6.30. The summed E-state index contributed by atoms with van der Waals surface area (Å²) in [5.41, 5.74) is 1.09. The Balaban J connectivity index is 3.02. The molecule has 0 unspecified atom stereocenters. The van der Waals surface area contributed by atoms with Gasteiger partial charge in [-0.15, -0.1) is 0 Å². The minimum atomic E-state index is -4.30. The van der Waals surface area contributed by atoms with Crippen LogP contribution in [-0.4, -0.2) is 16.1 Å². The standard InChI is InChI=1S/C8H8ClF3N2/c1-4-5(2)13-6(14-7(4)9)3-8(10,11)12/h3H2,1-2H3. The van der Waals surface area contributed by atoms with Gasteiger partial charge < -0.3 is 0 Å². The number of aryl methyl sites for hydroxylation is 1. The monoisotopic (exact) mass is 224 g/mol. The highest BCUT2D eigenvalue weighted by Gasteiger charge is 2.29. The van der Waals surface area contributed by atoms with Crippen LogP contribution in [-0.2, 0) is 6.42 Å². The molecule has 1 rings (SSSR count).